The van der Waals surface area contributed by atoms with E-state index in [1.54, 1.807) is 6.20 Å². The van der Waals surface area contributed by atoms with Gasteiger partial charge >= 0.3 is 0 Å². The van der Waals surface area contributed by atoms with Crippen molar-refractivity contribution in [2.45, 2.75) is 13.0 Å². The predicted molar refractivity (Wildman–Crippen MR) is 77.2 cm³/mol. The van der Waals surface area contributed by atoms with E-state index >= 15 is 0 Å². The fourth-order valence-corrected chi connectivity index (χ4v) is 1.89. The van der Waals surface area contributed by atoms with Crippen molar-refractivity contribution in [3.05, 3.63) is 59.9 Å². The minimum Gasteiger partial charge on any atom is -0.478 e. The summed E-state index contributed by atoms with van der Waals surface area (Å²) in [4.78, 5) is 4.28. The van der Waals surface area contributed by atoms with Crippen molar-refractivity contribution < 1.29 is 4.74 Å². The van der Waals surface area contributed by atoms with Crippen LogP contribution >= 0.6 is 0 Å². The molecule has 1 heterocycles. The second-order valence-corrected chi connectivity index (χ2v) is 4.30. The Morgan fingerprint density at radius 1 is 1.15 bits per heavy atom. The van der Waals surface area contributed by atoms with Crippen LogP contribution in [0.5, 0.6) is 5.75 Å². The highest BCUT2D eigenvalue weighted by Crippen LogP contribution is 2.17. The van der Waals surface area contributed by atoms with Gasteiger partial charge < -0.3 is 10.1 Å². The van der Waals surface area contributed by atoms with Crippen LogP contribution in [0, 0.1) is 11.3 Å². The van der Waals surface area contributed by atoms with Crippen molar-refractivity contribution in [2.75, 3.05) is 13.2 Å². The molecule has 1 aromatic carbocycles. The van der Waals surface area contributed by atoms with E-state index in [0.29, 0.717) is 6.54 Å². The highest BCUT2D eigenvalue weighted by atomic mass is 16.5. The average Bonchev–Trinajstić information content (AvgIpc) is 2.51. The van der Waals surface area contributed by atoms with Gasteiger partial charge in [0.05, 0.1) is 0 Å². The minimum absolute atomic E-state index is 0.0744. The zero-order valence-corrected chi connectivity index (χ0v) is 11.2. The molecule has 4 heteroatoms. The van der Waals surface area contributed by atoms with E-state index < -0.39 is 0 Å². The molecule has 4 nitrogen and oxygen atoms in total. The Morgan fingerprint density at radius 3 is 2.80 bits per heavy atom. The Bertz CT molecular complexity index is 563. The summed E-state index contributed by atoms with van der Waals surface area (Å²) in [6, 6.07) is 15.7. The molecular formula is C16H17N3O. The van der Waals surface area contributed by atoms with Gasteiger partial charge in [0.25, 0.3) is 0 Å². The number of aromatic nitrogens is 1. The number of nitriles is 1. The quantitative estimate of drug-likeness (QED) is 0.782. The highest BCUT2D eigenvalue weighted by Gasteiger charge is 2.02. The van der Waals surface area contributed by atoms with Gasteiger partial charge in [-0.1, -0.05) is 24.3 Å². The van der Waals surface area contributed by atoms with Crippen LogP contribution < -0.4 is 10.1 Å². The van der Waals surface area contributed by atoms with Crippen LogP contribution in [0.2, 0.25) is 0 Å². The van der Waals surface area contributed by atoms with Crippen LogP contribution in [0.4, 0.5) is 0 Å². The Labute approximate surface area is 119 Å². The van der Waals surface area contributed by atoms with Crippen molar-refractivity contribution in [2.24, 2.45) is 0 Å². The Morgan fingerprint density at radius 2 is 2.00 bits per heavy atom. The van der Waals surface area contributed by atoms with E-state index in [1.165, 1.54) is 0 Å². The van der Waals surface area contributed by atoms with Gasteiger partial charge in [0.2, 0.25) is 0 Å². The van der Waals surface area contributed by atoms with Gasteiger partial charge in [-0.05, 0) is 18.2 Å². The maximum Gasteiger partial charge on any atom is 0.174 e. The number of ether oxygens (including phenoxy) is 1. The minimum atomic E-state index is 0.0744. The van der Waals surface area contributed by atoms with Crippen molar-refractivity contribution in [1.82, 2.24) is 10.3 Å². The summed E-state index contributed by atoms with van der Waals surface area (Å²) in [7, 11) is 0. The summed E-state index contributed by atoms with van der Waals surface area (Å²) in [5.41, 5.74) is 2.14. The van der Waals surface area contributed by atoms with E-state index in [2.05, 4.69) is 10.3 Å². The molecule has 0 saturated heterocycles. The average molecular weight is 267 g/mol. The molecule has 1 aromatic heterocycles. The molecule has 0 aliphatic carbocycles. The van der Waals surface area contributed by atoms with Gasteiger partial charge in [-0.2, -0.15) is 5.26 Å². The molecule has 0 atom stereocenters. The number of nitrogens with zero attached hydrogens (tertiary/aromatic N) is 2. The number of hydrogen-bond donors (Lipinski definition) is 1. The lowest BCUT2D eigenvalue weighted by Crippen LogP contribution is -2.17. The molecule has 0 saturated carbocycles. The van der Waals surface area contributed by atoms with Gasteiger partial charge in [-0.25, -0.2) is 0 Å². The first-order valence-corrected chi connectivity index (χ1v) is 6.58. The molecule has 2 rings (SSSR count). The predicted octanol–water partition coefficient (Wildman–Crippen LogP) is 2.32. The standard InChI is InChI=1S/C16H17N3O/c17-9-12-20-16-7-2-1-5-14(16)13-18-11-8-15-6-3-4-10-19-15/h1-7,10,18H,8,11-13H2. The molecule has 0 aliphatic heterocycles. The second-order valence-electron chi connectivity index (χ2n) is 4.30. The molecule has 0 fully saturated rings. The molecule has 1 N–H and O–H groups in total. The zero-order valence-electron chi connectivity index (χ0n) is 11.2. The molecule has 0 unspecified atom stereocenters. The van der Waals surface area contributed by atoms with Crippen LogP contribution in [0.3, 0.4) is 0 Å². The third kappa shape index (κ3) is 4.38. The first-order valence-electron chi connectivity index (χ1n) is 6.58. The molecule has 0 radical (unpaired) electrons. The number of nitrogens with one attached hydrogen (secondary N) is 1. The van der Waals surface area contributed by atoms with E-state index in [9.17, 15) is 0 Å². The van der Waals surface area contributed by atoms with Gasteiger partial charge in [-0.3, -0.25) is 4.98 Å². The van der Waals surface area contributed by atoms with Crippen molar-refractivity contribution >= 4 is 0 Å². The van der Waals surface area contributed by atoms with Gasteiger partial charge in [0, 0.05) is 37.0 Å². The normalized spacial score (nSPS) is 9.95. The fraction of sp³-hybridized carbons (Fsp3) is 0.250. The molecule has 2 aromatic rings. The molecule has 20 heavy (non-hydrogen) atoms. The number of hydrogen-bond acceptors (Lipinski definition) is 4. The maximum absolute atomic E-state index is 8.56. The molecule has 0 bridgehead atoms. The number of para-hydroxylation sites is 1. The van der Waals surface area contributed by atoms with E-state index in [0.717, 1.165) is 30.0 Å². The van der Waals surface area contributed by atoms with Gasteiger partial charge in [0.15, 0.2) is 6.61 Å². The molecule has 0 amide bonds. The Kier molecular flexibility index (Phi) is 5.56. The third-order valence-corrected chi connectivity index (χ3v) is 2.86. The summed E-state index contributed by atoms with van der Waals surface area (Å²) >= 11 is 0. The first-order chi connectivity index (χ1) is 9.90. The lowest BCUT2D eigenvalue weighted by atomic mass is 10.2. The Balaban J connectivity index is 1.80. The van der Waals surface area contributed by atoms with E-state index in [4.69, 9.17) is 10.00 Å². The lowest BCUT2D eigenvalue weighted by Gasteiger charge is -2.10. The van der Waals surface area contributed by atoms with Crippen LogP contribution in [0.15, 0.2) is 48.7 Å². The monoisotopic (exact) mass is 267 g/mol. The van der Waals surface area contributed by atoms with Crippen molar-refractivity contribution in [3.8, 4) is 11.8 Å². The molecule has 0 aliphatic rings. The Hall–Kier alpha value is -2.38. The fourth-order valence-electron chi connectivity index (χ4n) is 1.89. The SMILES string of the molecule is N#CCOc1ccccc1CNCCc1ccccn1. The van der Waals surface area contributed by atoms with Crippen molar-refractivity contribution in [3.63, 3.8) is 0 Å². The zero-order chi connectivity index (χ0) is 14.0. The summed E-state index contributed by atoms with van der Waals surface area (Å²) in [6.07, 6.45) is 2.70. The van der Waals surface area contributed by atoms with Crippen LogP contribution in [-0.4, -0.2) is 18.1 Å². The summed E-state index contributed by atoms with van der Waals surface area (Å²) in [5.74, 6) is 0.763. The lowest BCUT2D eigenvalue weighted by molar-refractivity contribution is 0.362. The van der Waals surface area contributed by atoms with E-state index in [-0.39, 0.29) is 6.61 Å². The summed E-state index contributed by atoms with van der Waals surface area (Å²) in [5, 5.41) is 11.9. The number of benzene rings is 1. The van der Waals surface area contributed by atoms with Gasteiger partial charge in [0.1, 0.15) is 11.8 Å². The topological polar surface area (TPSA) is 57.9 Å². The first kappa shape index (κ1) is 14.0. The van der Waals surface area contributed by atoms with Crippen LogP contribution in [-0.2, 0) is 13.0 Å². The molecular weight excluding hydrogens is 250 g/mol. The van der Waals surface area contributed by atoms with E-state index in [1.807, 2.05) is 48.5 Å². The smallest absolute Gasteiger partial charge is 0.174 e. The molecule has 102 valence electrons. The van der Waals surface area contributed by atoms with Crippen LogP contribution in [0.1, 0.15) is 11.3 Å². The highest BCUT2D eigenvalue weighted by molar-refractivity contribution is 5.33. The third-order valence-electron chi connectivity index (χ3n) is 2.86. The number of rotatable bonds is 7. The molecule has 0 spiro atoms. The number of pyridine rings is 1. The summed E-state index contributed by atoms with van der Waals surface area (Å²) in [6.45, 7) is 1.64. The largest absolute Gasteiger partial charge is 0.478 e. The van der Waals surface area contributed by atoms with Crippen molar-refractivity contribution in [1.29, 1.82) is 5.26 Å². The maximum atomic E-state index is 8.56. The second kappa shape index (κ2) is 7.93. The van der Waals surface area contributed by atoms with Gasteiger partial charge in [-0.15, -0.1) is 0 Å². The van der Waals surface area contributed by atoms with Crippen LogP contribution in [0.25, 0.3) is 0 Å². The summed E-state index contributed by atoms with van der Waals surface area (Å²) < 4.78 is 5.39.